The lowest BCUT2D eigenvalue weighted by Gasteiger charge is -2.27. The number of para-hydroxylation sites is 1. The predicted molar refractivity (Wildman–Crippen MR) is 215 cm³/mol. The number of hydrogen-bond acceptors (Lipinski definition) is 2. The molecule has 0 heterocycles. The van der Waals surface area contributed by atoms with Crippen molar-refractivity contribution in [1.29, 1.82) is 0 Å². The van der Waals surface area contributed by atoms with Gasteiger partial charge in [0.05, 0.1) is 0 Å². The molecule has 1 aliphatic rings. The van der Waals surface area contributed by atoms with Crippen LogP contribution in [0.4, 0.5) is 17.1 Å². The molecule has 1 aliphatic carbocycles. The standard InChI is InChI=1S/C49H35NO/c1-49(2)45-30-37-28-40(50(38-23-20-32-12-6-8-14-34(32)26-38)39-24-21-33-13-7-9-15-35(33)27-39)25-22-36(37)29-44(45)48-43-19-11-10-18-42(43)47(31-46(48)49)51-41-16-4-3-5-17-41/h3-31H,1-2H3. The molecule has 9 aromatic rings. The largest absolute Gasteiger partial charge is 0.457 e. The zero-order valence-electron chi connectivity index (χ0n) is 28.6. The fraction of sp³-hybridized carbons (Fsp3) is 0.0612. The molecular weight excluding hydrogens is 619 g/mol. The van der Waals surface area contributed by atoms with Gasteiger partial charge in [-0.05, 0) is 127 Å². The Morgan fingerprint density at radius 3 is 1.57 bits per heavy atom. The molecule has 0 amide bonds. The van der Waals surface area contributed by atoms with Gasteiger partial charge in [0.25, 0.3) is 0 Å². The molecule has 2 heteroatoms. The Labute approximate surface area is 297 Å². The van der Waals surface area contributed by atoms with Crippen molar-refractivity contribution in [1.82, 2.24) is 0 Å². The number of hydrogen-bond donors (Lipinski definition) is 0. The minimum Gasteiger partial charge on any atom is -0.457 e. The zero-order chi connectivity index (χ0) is 34.1. The van der Waals surface area contributed by atoms with E-state index in [-0.39, 0.29) is 5.41 Å². The highest BCUT2D eigenvalue weighted by Crippen LogP contribution is 2.54. The van der Waals surface area contributed by atoms with Gasteiger partial charge < -0.3 is 9.64 Å². The van der Waals surface area contributed by atoms with Gasteiger partial charge in [-0.25, -0.2) is 0 Å². The molecule has 0 atom stereocenters. The maximum absolute atomic E-state index is 6.56. The normalized spacial score (nSPS) is 13.1. The van der Waals surface area contributed by atoms with Crippen LogP contribution in [0.25, 0.3) is 54.2 Å². The zero-order valence-corrected chi connectivity index (χ0v) is 28.6. The average molecular weight is 654 g/mol. The third-order valence-electron chi connectivity index (χ3n) is 10.8. The van der Waals surface area contributed by atoms with Crippen LogP contribution >= 0.6 is 0 Å². The Morgan fingerprint density at radius 2 is 0.922 bits per heavy atom. The van der Waals surface area contributed by atoms with Crippen LogP contribution in [0, 0.1) is 0 Å². The first kappa shape index (κ1) is 29.5. The van der Waals surface area contributed by atoms with Gasteiger partial charge in [0.2, 0.25) is 0 Å². The summed E-state index contributed by atoms with van der Waals surface area (Å²) in [4.78, 5) is 2.39. The van der Waals surface area contributed by atoms with Crippen LogP contribution in [0.3, 0.4) is 0 Å². The van der Waals surface area contributed by atoms with Gasteiger partial charge in [-0.15, -0.1) is 0 Å². The first-order valence-corrected chi connectivity index (χ1v) is 17.7. The summed E-state index contributed by atoms with van der Waals surface area (Å²) in [5.41, 5.74) is 8.43. The van der Waals surface area contributed by atoms with E-state index in [1.807, 2.05) is 30.3 Å². The Balaban J connectivity index is 1.14. The van der Waals surface area contributed by atoms with Gasteiger partial charge in [0.15, 0.2) is 0 Å². The molecule has 0 aromatic heterocycles. The second-order valence-corrected chi connectivity index (χ2v) is 14.2. The van der Waals surface area contributed by atoms with Crippen LogP contribution in [0.1, 0.15) is 25.0 Å². The molecule has 0 saturated carbocycles. The van der Waals surface area contributed by atoms with Crippen LogP contribution in [0.2, 0.25) is 0 Å². The van der Waals surface area contributed by atoms with E-state index in [2.05, 4.69) is 164 Å². The summed E-state index contributed by atoms with van der Waals surface area (Å²) in [5, 5.41) is 9.73. The number of anilines is 3. The first-order chi connectivity index (χ1) is 25.0. The second-order valence-electron chi connectivity index (χ2n) is 14.2. The van der Waals surface area contributed by atoms with Gasteiger partial charge in [0, 0.05) is 27.9 Å². The molecular formula is C49H35NO. The number of ether oxygens (including phenoxy) is 1. The third-order valence-corrected chi connectivity index (χ3v) is 10.8. The molecule has 2 nitrogen and oxygen atoms in total. The van der Waals surface area contributed by atoms with E-state index >= 15 is 0 Å². The molecule has 0 unspecified atom stereocenters. The molecule has 242 valence electrons. The van der Waals surface area contributed by atoms with Gasteiger partial charge in [0.1, 0.15) is 11.5 Å². The summed E-state index contributed by atoms with van der Waals surface area (Å²) in [6.45, 7) is 4.70. The lowest BCUT2D eigenvalue weighted by atomic mass is 9.81. The molecule has 0 spiro atoms. The summed E-state index contributed by atoms with van der Waals surface area (Å²) in [5.74, 6) is 1.74. The van der Waals surface area contributed by atoms with Crippen molar-refractivity contribution in [3.05, 3.63) is 187 Å². The second kappa shape index (κ2) is 11.3. The minimum absolute atomic E-state index is 0.218. The maximum atomic E-state index is 6.56. The number of benzene rings is 9. The molecule has 0 saturated heterocycles. The van der Waals surface area contributed by atoms with Crippen molar-refractivity contribution in [2.45, 2.75) is 19.3 Å². The monoisotopic (exact) mass is 653 g/mol. The Morgan fingerprint density at radius 1 is 0.412 bits per heavy atom. The van der Waals surface area contributed by atoms with E-state index in [1.54, 1.807) is 0 Å². The van der Waals surface area contributed by atoms with Gasteiger partial charge in [-0.3, -0.25) is 0 Å². The predicted octanol–water partition coefficient (Wildman–Crippen LogP) is 13.9. The SMILES string of the molecule is CC1(C)c2cc3cc(N(c4ccc5ccccc5c4)c4ccc5ccccc5c4)ccc3cc2-c2c1cc(Oc1ccccc1)c1ccccc21. The molecule has 0 aliphatic heterocycles. The average Bonchev–Trinajstić information content (AvgIpc) is 3.39. The molecule has 0 N–H and O–H groups in total. The van der Waals surface area contributed by atoms with Crippen LogP contribution in [-0.2, 0) is 5.41 Å². The summed E-state index contributed by atoms with van der Waals surface area (Å²) < 4.78 is 6.56. The lowest BCUT2D eigenvalue weighted by Crippen LogP contribution is -2.15. The quantitative estimate of drug-likeness (QED) is 0.183. The van der Waals surface area contributed by atoms with Crippen LogP contribution < -0.4 is 9.64 Å². The van der Waals surface area contributed by atoms with E-state index in [1.165, 1.54) is 60.0 Å². The van der Waals surface area contributed by atoms with Crippen molar-refractivity contribution >= 4 is 60.2 Å². The topological polar surface area (TPSA) is 12.5 Å². The molecule has 10 rings (SSSR count). The molecule has 9 aromatic carbocycles. The number of fused-ring (bicyclic) bond motifs is 8. The fourth-order valence-corrected chi connectivity index (χ4v) is 8.20. The minimum atomic E-state index is -0.218. The summed E-state index contributed by atoms with van der Waals surface area (Å²) in [6, 6.07) is 63.5. The maximum Gasteiger partial charge on any atom is 0.135 e. The molecule has 51 heavy (non-hydrogen) atoms. The Hall–Kier alpha value is -6.38. The lowest BCUT2D eigenvalue weighted by molar-refractivity contribution is 0.486. The molecule has 0 bridgehead atoms. The highest BCUT2D eigenvalue weighted by Gasteiger charge is 2.38. The van der Waals surface area contributed by atoms with E-state index in [9.17, 15) is 0 Å². The summed E-state index contributed by atoms with van der Waals surface area (Å²) in [6.07, 6.45) is 0. The van der Waals surface area contributed by atoms with Crippen LogP contribution in [-0.4, -0.2) is 0 Å². The Kier molecular flexibility index (Phi) is 6.56. The molecule has 0 radical (unpaired) electrons. The first-order valence-electron chi connectivity index (χ1n) is 17.7. The van der Waals surface area contributed by atoms with E-state index in [0.717, 1.165) is 33.9 Å². The van der Waals surface area contributed by atoms with Crippen LogP contribution in [0.5, 0.6) is 11.5 Å². The van der Waals surface area contributed by atoms with Crippen molar-refractivity contribution in [2.75, 3.05) is 4.90 Å². The number of nitrogens with zero attached hydrogens (tertiary/aromatic N) is 1. The van der Waals surface area contributed by atoms with Crippen molar-refractivity contribution in [3.8, 4) is 22.6 Å². The van der Waals surface area contributed by atoms with E-state index in [4.69, 9.17) is 4.74 Å². The van der Waals surface area contributed by atoms with Crippen LogP contribution in [0.15, 0.2) is 176 Å². The van der Waals surface area contributed by atoms with Gasteiger partial charge in [-0.2, -0.15) is 0 Å². The Bertz CT molecular complexity index is 2740. The number of rotatable bonds is 5. The van der Waals surface area contributed by atoms with Crippen molar-refractivity contribution in [2.24, 2.45) is 0 Å². The fourth-order valence-electron chi connectivity index (χ4n) is 8.20. The van der Waals surface area contributed by atoms with Crippen molar-refractivity contribution in [3.63, 3.8) is 0 Å². The highest BCUT2D eigenvalue weighted by atomic mass is 16.5. The highest BCUT2D eigenvalue weighted by molar-refractivity contribution is 6.08. The van der Waals surface area contributed by atoms with Gasteiger partial charge >= 0.3 is 0 Å². The molecule has 0 fully saturated rings. The third kappa shape index (κ3) is 4.79. The van der Waals surface area contributed by atoms with E-state index < -0.39 is 0 Å². The summed E-state index contributed by atoms with van der Waals surface area (Å²) >= 11 is 0. The smallest absolute Gasteiger partial charge is 0.135 e. The van der Waals surface area contributed by atoms with Crippen molar-refractivity contribution < 1.29 is 4.74 Å². The van der Waals surface area contributed by atoms with E-state index in [0.29, 0.717) is 0 Å². The van der Waals surface area contributed by atoms with Gasteiger partial charge in [-0.1, -0.05) is 123 Å². The summed E-state index contributed by atoms with van der Waals surface area (Å²) in [7, 11) is 0.